The van der Waals surface area contributed by atoms with E-state index in [1.165, 1.54) is 5.56 Å². The Morgan fingerprint density at radius 2 is 1.95 bits per heavy atom. The third-order valence-corrected chi connectivity index (χ3v) is 3.12. The Labute approximate surface area is 119 Å². The van der Waals surface area contributed by atoms with Gasteiger partial charge in [0.1, 0.15) is 6.61 Å². The predicted molar refractivity (Wildman–Crippen MR) is 78.8 cm³/mol. The third kappa shape index (κ3) is 3.48. The van der Waals surface area contributed by atoms with Crippen molar-refractivity contribution in [3.05, 3.63) is 53.3 Å². The van der Waals surface area contributed by atoms with E-state index in [4.69, 9.17) is 15.2 Å². The van der Waals surface area contributed by atoms with E-state index in [9.17, 15) is 0 Å². The maximum absolute atomic E-state index is 5.82. The molecule has 106 valence electrons. The molecule has 0 atom stereocenters. The number of aromatic nitrogens is 1. The summed E-state index contributed by atoms with van der Waals surface area (Å²) in [5, 5.41) is 0. The molecular formula is C16H20N2O2. The van der Waals surface area contributed by atoms with Gasteiger partial charge in [0.25, 0.3) is 0 Å². The van der Waals surface area contributed by atoms with Gasteiger partial charge in [0.05, 0.1) is 12.8 Å². The first-order valence-corrected chi connectivity index (χ1v) is 6.70. The second-order valence-electron chi connectivity index (χ2n) is 4.49. The number of ether oxygens (including phenoxy) is 2. The Hall–Kier alpha value is -2.07. The molecule has 0 saturated heterocycles. The SMILES string of the molecule is CCc1ccc(OCc2ccnc(CN)c2)c(OC)c1. The molecule has 2 N–H and O–H groups in total. The number of methoxy groups -OCH3 is 1. The number of nitrogens with two attached hydrogens (primary N) is 1. The first-order chi connectivity index (χ1) is 9.76. The lowest BCUT2D eigenvalue weighted by Crippen LogP contribution is -2.03. The summed E-state index contributed by atoms with van der Waals surface area (Å²) in [7, 11) is 1.65. The lowest BCUT2D eigenvalue weighted by Gasteiger charge is -2.12. The Bertz CT molecular complexity index is 570. The van der Waals surface area contributed by atoms with Crippen molar-refractivity contribution in [3.8, 4) is 11.5 Å². The Morgan fingerprint density at radius 1 is 1.10 bits per heavy atom. The molecule has 0 aliphatic heterocycles. The van der Waals surface area contributed by atoms with Crippen molar-refractivity contribution in [1.29, 1.82) is 0 Å². The monoisotopic (exact) mass is 272 g/mol. The van der Waals surface area contributed by atoms with E-state index < -0.39 is 0 Å². The topological polar surface area (TPSA) is 57.4 Å². The minimum atomic E-state index is 0.433. The molecule has 0 spiro atoms. The van der Waals surface area contributed by atoms with Crippen LogP contribution in [0.2, 0.25) is 0 Å². The summed E-state index contributed by atoms with van der Waals surface area (Å²) in [6, 6.07) is 9.88. The van der Waals surface area contributed by atoms with Crippen LogP contribution in [0.3, 0.4) is 0 Å². The molecular weight excluding hydrogens is 252 g/mol. The van der Waals surface area contributed by atoms with Crippen LogP contribution in [0, 0.1) is 0 Å². The Balaban J connectivity index is 2.10. The highest BCUT2D eigenvalue weighted by atomic mass is 16.5. The molecule has 0 saturated carbocycles. The van der Waals surface area contributed by atoms with Crippen LogP contribution in [0.4, 0.5) is 0 Å². The quantitative estimate of drug-likeness (QED) is 0.878. The van der Waals surface area contributed by atoms with Gasteiger partial charge in [-0.3, -0.25) is 4.98 Å². The van der Waals surface area contributed by atoms with E-state index in [0.29, 0.717) is 13.2 Å². The molecule has 1 aromatic carbocycles. The van der Waals surface area contributed by atoms with Gasteiger partial charge < -0.3 is 15.2 Å². The lowest BCUT2D eigenvalue weighted by molar-refractivity contribution is 0.284. The van der Waals surface area contributed by atoms with Gasteiger partial charge in [-0.1, -0.05) is 13.0 Å². The highest BCUT2D eigenvalue weighted by molar-refractivity contribution is 5.43. The van der Waals surface area contributed by atoms with Crippen molar-refractivity contribution < 1.29 is 9.47 Å². The standard InChI is InChI=1S/C16H20N2O2/c1-3-12-4-5-15(16(9-12)19-2)20-11-13-6-7-18-14(8-13)10-17/h4-9H,3,10-11,17H2,1-2H3. The van der Waals surface area contributed by atoms with E-state index >= 15 is 0 Å². The summed E-state index contributed by atoms with van der Waals surface area (Å²) < 4.78 is 11.2. The molecule has 1 heterocycles. The molecule has 2 rings (SSSR count). The summed E-state index contributed by atoms with van der Waals surface area (Å²) in [5.74, 6) is 1.51. The van der Waals surface area contributed by atoms with Crippen LogP contribution in [0.1, 0.15) is 23.7 Å². The maximum Gasteiger partial charge on any atom is 0.161 e. The second-order valence-corrected chi connectivity index (χ2v) is 4.49. The molecule has 0 radical (unpaired) electrons. The fraction of sp³-hybridized carbons (Fsp3) is 0.312. The average Bonchev–Trinajstić information content (AvgIpc) is 2.52. The minimum Gasteiger partial charge on any atom is -0.493 e. The predicted octanol–water partition coefficient (Wildman–Crippen LogP) is 2.69. The molecule has 20 heavy (non-hydrogen) atoms. The van der Waals surface area contributed by atoms with Crippen molar-refractivity contribution in [2.24, 2.45) is 5.73 Å². The Kier molecular flexibility index (Phi) is 4.96. The van der Waals surface area contributed by atoms with E-state index in [1.54, 1.807) is 13.3 Å². The van der Waals surface area contributed by atoms with Crippen molar-refractivity contribution in [2.45, 2.75) is 26.5 Å². The van der Waals surface area contributed by atoms with Gasteiger partial charge in [-0.2, -0.15) is 0 Å². The van der Waals surface area contributed by atoms with E-state index in [-0.39, 0.29) is 0 Å². The van der Waals surface area contributed by atoms with Crippen LogP contribution in [0.5, 0.6) is 11.5 Å². The molecule has 0 bridgehead atoms. The zero-order chi connectivity index (χ0) is 14.4. The normalized spacial score (nSPS) is 10.3. The van der Waals surface area contributed by atoms with E-state index in [0.717, 1.165) is 29.2 Å². The lowest BCUT2D eigenvalue weighted by atomic mass is 10.1. The fourth-order valence-electron chi connectivity index (χ4n) is 1.94. The van der Waals surface area contributed by atoms with Crippen LogP contribution < -0.4 is 15.2 Å². The van der Waals surface area contributed by atoms with E-state index in [2.05, 4.69) is 18.0 Å². The second kappa shape index (κ2) is 6.91. The largest absolute Gasteiger partial charge is 0.493 e. The molecule has 0 aliphatic carbocycles. The number of aryl methyl sites for hydroxylation is 1. The number of pyridine rings is 1. The van der Waals surface area contributed by atoms with Gasteiger partial charge >= 0.3 is 0 Å². The van der Waals surface area contributed by atoms with Gasteiger partial charge in [0.15, 0.2) is 11.5 Å². The van der Waals surface area contributed by atoms with Crippen molar-refractivity contribution in [2.75, 3.05) is 7.11 Å². The zero-order valence-corrected chi connectivity index (χ0v) is 11.9. The smallest absolute Gasteiger partial charge is 0.161 e. The first-order valence-electron chi connectivity index (χ1n) is 6.70. The summed E-state index contributed by atoms with van der Waals surface area (Å²) in [6.45, 7) is 3.01. The number of nitrogens with zero attached hydrogens (tertiary/aromatic N) is 1. The summed E-state index contributed by atoms with van der Waals surface area (Å²) in [6.07, 6.45) is 2.72. The van der Waals surface area contributed by atoms with Crippen molar-refractivity contribution in [3.63, 3.8) is 0 Å². The van der Waals surface area contributed by atoms with Gasteiger partial charge in [0, 0.05) is 12.7 Å². The first kappa shape index (κ1) is 14.3. The van der Waals surface area contributed by atoms with Crippen LogP contribution in [-0.4, -0.2) is 12.1 Å². The van der Waals surface area contributed by atoms with Gasteiger partial charge in [0.2, 0.25) is 0 Å². The molecule has 0 aliphatic rings. The molecule has 4 nitrogen and oxygen atoms in total. The molecule has 0 unspecified atom stereocenters. The number of rotatable bonds is 6. The van der Waals surface area contributed by atoms with Crippen LogP contribution in [0.15, 0.2) is 36.5 Å². The summed E-state index contributed by atoms with van der Waals surface area (Å²) in [4.78, 5) is 4.16. The summed E-state index contributed by atoms with van der Waals surface area (Å²) in [5.41, 5.74) is 8.71. The molecule has 0 amide bonds. The zero-order valence-electron chi connectivity index (χ0n) is 11.9. The maximum atomic E-state index is 5.82. The number of benzene rings is 1. The number of hydrogen-bond acceptors (Lipinski definition) is 4. The number of hydrogen-bond donors (Lipinski definition) is 1. The summed E-state index contributed by atoms with van der Waals surface area (Å²) >= 11 is 0. The van der Waals surface area contributed by atoms with Crippen molar-refractivity contribution >= 4 is 0 Å². The van der Waals surface area contributed by atoms with Gasteiger partial charge in [-0.05, 0) is 41.8 Å². The molecule has 2 aromatic rings. The van der Waals surface area contributed by atoms with Crippen LogP contribution >= 0.6 is 0 Å². The fourth-order valence-corrected chi connectivity index (χ4v) is 1.94. The third-order valence-electron chi connectivity index (χ3n) is 3.12. The van der Waals surface area contributed by atoms with E-state index in [1.807, 2.05) is 24.3 Å². The molecule has 0 fully saturated rings. The van der Waals surface area contributed by atoms with Crippen LogP contribution in [0.25, 0.3) is 0 Å². The minimum absolute atomic E-state index is 0.433. The van der Waals surface area contributed by atoms with Crippen molar-refractivity contribution in [1.82, 2.24) is 4.98 Å². The molecule has 1 aromatic heterocycles. The highest BCUT2D eigenvalue weighted by Gasteiger charge is 2.06. The van der Waals surface area contributed by atoms with Gasteiger partial charge in [-0.25, -0.2) is 0 Å². The van der Waals surface area contributed by atoms with Gasteiger partial charge in [-0.15, -0.1) is 0 Å². The van der Waals surface area contributed by atoms with Crippen LogP contribution in [-0.2, 0) is 19.6 Å². The molecule has 4 heteroatoms. The Morgan fingerprint density at radius 3 is 2.65 bits per heavy atom. The average molecular weight is 272 g/mol. The highest BCUT2D eigenvalue weighted by Crippen LogP contribution is 2.29.